The van der Waals surface area contributed by atoms with Crippen LogP contribution in [0.15, 0.2) is 18.2 Å². The first-order valence-electron chi connectivity index (χ1n) is 6.72. The third kappa shape index (κ3) is 2.51. The van der Waals surface area contributed by atoms with Gasteiger partial charge in [0.1, 0.15) is 0 Å². The van der Waals surface area contributed by atoms with Crippen molar-refractivity contribution >= 4 is 17.3 Å². The maximum absolute atomic E-state index is 11.4. The number of ether oxygens (including phenoxy) is 1. The molecule has 1 aromatic carbocycles. The highest BCUT2D eigenvalue weighted by molar-refractivity contribution is 5.99. The number of amides is 1. The maximum Gasteiger partial charge on any atom is 0.250 e. The number of nitrogens with one attached hydrogen (secondary N) is 1. The summed E-state index contributed by atoms with van der Waals surface area (Å²) >= 11 is 0. The van der Waals surface area contributed by atoms with E-state index in [4.69, 9.17) is 16.2 Å². The van der Waals surface area contributed by atoms with Crippen molar-refractivity contribution in [3.05, 3.63) is 23.8 Å². The summed E-state index contributed by atoms with van der Waals surface area (Å²) in [7, 11) is 0. The van der Waals surface area contributed by atoms with Crippen molar-refractivity contribution < 1.29 is 9.53 Å². The molecule has 1 amide bonds. The largest absolute Gasteiger partial charge is 0.399 e. The molecule has 102 valence electrons. The molecule has 0 radical (unpaired) electrons. The van der Waals surface area contributed by atoms with Crippen molar-refractivity contribution in [3.8, 4) is 0 Å². The molecule has 2 atom stereocenters. The fourth-order valence-corrected chi connectivity index (χ4v) is 2.75. The van der Waals surface area contributed by atoms with E-state index in [0.29, 0.717) is 22.9 Å². The topological polar surface area (TPSA) is 90.4 Å². The number of carbonyl (C=O) groups is 1. The van der Waals surface area contributed by atoms with Gasteiger partial charge in [0.25, 0.3) is 5.91 Å². The SMILES string of the molecule is NC(=O)c1ccc(N)cc1NC1CCOC1C1CC1. The van der Waals surface area contributed by atoms with Gasteiger partial charge in [0.15, 0.2) is 0 Å². The monoisotopic (exact) mass is 261 g/mol. The fourth-order valence-electron chi connectivity index (χ4n) is 2.75. The average molecular weight is 261 g/mol. The molecule has 1 aliphatic heterocycles. The van der Waals surface area contributed by atoms with Gasteiger partial charge in [-0.15, -0.1) is 0 Å². The van der Waals surface area contributed by atoms with E-state index in [0.717, 1.165) is 13.0 Å². The second kappa shape index (κ2) is 4.74. The van der Waals surface area contributed by atoms with Crippen LogP contribution >= 0.6 is 0 Å². The molecule has 5 heteroatoms. The third-order valence-electron chi connectivity index (χ3n) is 3.87. The molecule has 5 N–H and O–H groups in total. The lowest BCUT2D eigenvalue weighted by molar-refractivity contribution is 0.0897. The Bertz CT molecular complexity index is 499. The zero-order valence-electron chi connectivity index (χ0n) is 10.8. The highest BCUT2D eigenvalue weighted by Crippen LogP contribution is 2.39. The van der Waals surface area contributed by atoms with Crippen LogP contribution in [0.4, 0.5) is 11.4 Å². The van der Waals surface area contributed by atoms with Crippen molar-refractivity contribution in [2.75, 3.05) is 17.7 Å². The van der Waals surface area contributed by atoms with Crippen LogP contribution in [0.1, 0.15) is 29.6 Å². The molecule has 1 aliphatic carbocycles. The van der Waals surface area contributed by atoms with Crippen molar-refractivity contribution in [1.82, 2.24) is 0 Å². The number of hydrogen-bond donors (Lipinski definition) is 3. The Morgan fingerprint density at radius 3 is 2.79 bits per heavy atom. The predicted octanol–water partition coefficient (Wildman–Crippen LogP) is 1.35. The average Bonchev–Trinajstić information content (AvgIpc) is 3.10. The zero-order chi connectivity index (χ0) is 13.4. The highest BCUT2D eigenvalue weighted by atomic mass is 16.5. The molecular formula is C14H19N3O2. The maximum atomic E-state index is 11.4. The van der Waals surface area contributed by atoms with E-state index in [9.17, 15) is 4.79 Å². The molecular weight excluding hydrogens is 242 g/mol. The van der Waals surface area contributed by atoms with Crippen LogP contribution in [-0.4, -0.2) is 24.7 Å². The van der Waals surface area contributed by atoms with Gasteiger partial charge in [0.05, 0.1) is 17.7 Å². The number of hydrogen-bond acceptors (Lipinski definition) is 4. The molecule has 0 aromatic heterocycles. The van der Waals surface area contributed by atoms with Crippen LogP contribution in [0.5, 0.6) is 0 Å². The molecule has 19 heavy (non-hydrogen) atoms. The lowest BCUT2D eigenvalue weighted by atomic mass is 10.0. The predicted molar refractivity (Wildman–Crippen MR) is 73.9 cm³/mol. The normalized spacial score (nSPS) is 26.3. The molecule has 2 fully saturated rings. The summed E-state index contributed by atoms with van der Waals surface area (Å²) < 4.78 is 5.78. The van der Waals surface area contributed by atoms with E-state index in [1.807, 2.05) is 0 Å². The van der Waals surface area contributed by atoms with E-state index in [-0.39, 0.29) is 12.1 Å². The van der Waals surface area contributed by atoms with Gasteiger partial charge in [-0.1, -0.05) is 0 Å². The van der Waals surface area contributed by atoms with Crippen LogP contribution in [0.25, 0.3) is 0 Å². The van der Waals surface area contributed by atoms with Crippen LogP contribution in [0.2, 0.25) is 0 Å². The van der Waals surface area contributed by atoms with Crippen molar-refractivity contribution in [2.45, 2.75) is 31.4 Å². The second-order valence-corrected chi connectivity index (χ2v) is 5.38. The first kappa shape index (κ1) is 12.3. The fraction of sp³-hybridized carbons (Fsp3) is 0.500. The molecule has 1 aromatic rings. The zero-order valence-corrected chi connectivity index (χ0v) is 10.8. The van der Waals surface area contributed by atoms with Gasteiger partial charge in [-0.05, 0) is 43.4 Å². The summed E-state index contributed by atoms with van der Waals surface area (Å²) in [5.74, 6) is 0.225. The summed E-state index contributed by atoms with van der Waals surface area (Å²) in [4.78, 5) is 11.4. The first-order chi connectivity index (χ1) is 9.15. The van der Waals surface area contributed by atoms with Crippen LogP contribution in [0.3, 0.4) is 0 Å². The lowest BCUT2D eigenvalue weighted by Gasteiger charge is -2.22. The molecule has 1 heterocycles. The molecule has 1 saturated heterocycles. The molecule has 1 saturated carbocycles. The Hall–Kier alpha value is -1.75. The number of nitrogen functional groups attached to an aromatic ring is 1. The van der Waals surface area contributed by atoms with E-state index < -0.39 is 5.91 Å². The minimum absolute atomic E-state index is 0.243. The van der Waals surface area contributed by atoms with Crippen molar-refractivity contribution in [2.24, 2.45) is 11.7 Å². The summed E-state index contributed by atoms with van der Waals surface area (Å²) in [6.07, 6.45) is 3.68. The Balaban J connectivity index is 1.81. The standard InChI is InChI=1S/C14H19N3O2/c15-9-3-4-10(14(16)18)12(7-9)17-11-5-6-19-13(11)8-1-2-8/h3-4,7-8,11,13,17H,1-2,5-6,15H2,(H2,16,18). The Labute approximate surface area is 112 Å². The third-order valence-corrected chi connectivity index (χ3v) is 3.87. The quantitative estimate of drug-likeness (QED) is 0.713. The number of carbonyl (C=O) groups excluding carboxylic acids is 1. The molecule has 0 bridgehead atoms. The van der Waals surface area contributed by atoms with Crippen molar-refractivity contribution in [3.63, 3.8) is 0 Å². The molecule has 3 rings (SSSR count). The van der Waals surface area contributed by atoms with Crippen LogP contribution < -0.4 is 16.8 Å². The second-order valence-electron chi connectivity index (χ2n) is 5.38. The molecule has 2 unspecified atom stereocenters. The van der Waals surface area contributed by atoms with Gasteiger partial charge in [0.2, 0.25) is 0 Å². The van der Waals surface area contributed by atoms with E-state index >= 15 is 0 Å². The van der Waals surface area contributed by atoms with Gasteiger partial charge in [-0.2, -0.15) is 0 Å². The minimum Gasteiger partial charge on any atom is -0.399 e. The Kier molecular flexibility index (Phi) is 3.06. The summed E-state index contributed by atoms with van der Waals surface area (Å²) in [6.45, 7) is 0.771. The van der Waals surface area contributed by atoms with Gasteiger partial charge >= 0.3 is 0 Å². The van der Waals surface area contributed by atoms with Crippen LogP contribution in [-0.2, 0) is 4.74 Å². The van der Waals surface area contributed by atoms with Crippen LogP contribution in [0, 0.1) is 5.92 Å². The smallest absolute Gasteiger partial charge is 0.250 e. The van der Waals surface area contributed by atoms with E-state index in [2.05, 4.69) is 5.32 Å². The van der Waals surface area contributed by atoms with E-state index in [1.165, 1.54) is 12.8 Å². The number of anilines is 2. The lowest BCUT2D eigenvalue weighted by Crippen LogP contribution is -2.32. The summed E-state index contributed by atoms with van der Waals surface area (Å²) in [5.41, 5.74) is 13.0. The minimum atomic E-state index is -0.440. The van der Waals surface area contributed by atoms with Gasteiger partial charge in [-0.3, -0.25) is 4.79 Å². The highest BCUT2D eigenvalue weighted by Gasteiger charge is 2.40. The summed E-state index contributed by atoms with van der Waals surface area (Å²) in [6, 6.07) is 5.37. The van der Waals surface area contributed by atoms with E-state index in [1.54, 1.807) is 18.2 Å². The first-order valence-corrected chi connectivity index (χ1v) is 6.72. The molecule has 0 spiro atoms. The number of nitrogens with two attached hydrogens (primary N) is 2. The summed E-state index contributed by atoms with van der Waals surface area (Å²) in [5, 5.41) is 3.40. The van der Waals surface area contributed by atoms with Gasteiger partial charge in [0, 0.05) is 18.0 Å². The van der Waals surface area contributed by atoms with Gasteiger partial charge in [-0.25, -0.2) is 0 Å². The molecule has 5 nitrogen and oxygen atoms in total. The number of benzene rings is 1. The molecule has 2 aliphatic rings. The number of rotatable bonds is 4. The number of primary amides is 1. The Morgan fingerprint density at radius 2 is 2.11 bits per heavy atom. The van der Waals surface area contributed by atoms with Crippen molar-refractivity contribution in [1.29, 1.82) is 0 Å². The van der Waals surface area contributed by atoms with Gasteiger partial charge < -0.3 is 21.5 Å². The Morgan fingerprint density at radius 1 is 1.32 bits per heavy atom.